The summed E-state index contributed by atoms with van der Waals surface area (Å²) in [7, 11) is 0. The van der Waals surface area contributed by atoms with Gasteiger partial charge in [-0.25, -0.2) is 9.48 Å². The van der Waals surface area contributed by atoms with Crippen molar-refractivity contribution >= 4 is 11.6 Å². The molecule has 2 aromatic heterocycles. The maximum atomic E-state index is 11.8. The molecule has 0 unspecified atom stereocenters. The molecular weight excluding hydrogens is 234 g/mol. The van der Waals surface area contributed by atoms with Gasteiger partial charge in [0.2, 0.25) is 5.91 Å². The molecule has 0 aliphatic carbocycles. The van der Waals surface area contributed by atoms with Gasteiger partial charge in [0, 0.05) is 24.4 Å². The molecule has 0 bridgehead atoms. The third-order valence-electron chi connectivity index (χ3n) is 2.89. The van der Waals surface area contributed by atoms with Crippen LogP contribution in [0.15, 0.2) is 17.2 Å². The van der Waals surface area contributed by atoms with Crippen LogP contribution in [0.25, 0.3) is 0 Å². The number of aromatic nitrogens is 4. The van der Waals surface area contributed by atoms with Crippen molar-refractivity contribution < 1.29 is 4.79 Å². The van der Waals surface area contributed by atoms with E-state index < -0.39 is 0 Å². The van der Waals surface area contributed by atoms with Crippen LogP contribution in [0.1, 0.15) is 22.6 Å². The standard InChI is InChI=1S/C11H15N5O2/c1-7-8(2)15(11(18)14-7)4-3-10(17)16-6-9(12)5-13-16/h5-6H,3-4,12H2,1-2H3,(H,14,18). The van der Waals surface area contributed by atoms with Crippen LogP contribution in [0.2, 0.25) is 0 Å². The van der Waals surface area contributed by atoms with Crippen LogP contribution >= 0.6 is 0 Å². The minimum atomic E-state index is -0.197. The number of hydrogen-bond donors (Lipinski definition) is 2. The van der Waals surface area contributed by atoms with Crippen molar-refractivity contribution in [3.8, 4) is 0 Å². The van der Waals surface area contributed by atoms with Crippen LogP contribution in [-0.2, 0) is 6.54 Å². The number of H-pyrrole nitrogens is 1. The van der Waals surface area contributed by atoms with Gasteiger partial charge in [0.1, 0.15) is 0 Å². The molecule has 0 saturated carbocycles. The third kappa shape index (κ3) is 2.20. The molecule has 2 aromatic rings. The lowest BCUT2D eigenvalue weighted by Gasteiger charge is -2.03. The Morgan fingerprint density at radius 2 is 2.22 bits per heavy atom. The average Bonchev–Trinajstić information content (AvgIpc) is 2.83. The molecule has 0 atom stereocenters. The van der Waals surface area contributed by atoms with E-state index in [0.717, 1.165) is 11.4 Å². The zero-order valence-electron chi connectivity index (χ0n) is 10.3. The highest BCUT2D eigenvalue weighted by Gasteiger charge is 2.10. The summed E-state index contributed by atoms with van der Waals surface area (Å²) in [6, 6.07) is 0. The van der Waals surface area contributed by atoms with E-state index in [9.17, 15) is 9.59 Å². The highest BCUT2D eigenvalue weighted by Crippen LogP contribution is 2.03. The summed E-state index contributed by atoms with van der Waals surface area (Å²) < 4.78 is 2.73. The Labute approximate surface area is 103 Å². The predicted molar refractivity (Wildman–Crippen MR) is 66.4 cm³/mol. The molecule has 0 aliphatic heterocycles. The first-order valence-corrected chi connectivity index (χ1v) is 5.58. The second kappa shape index (κ2) is 4.52. The molecule has 2 heterocycles. The quantitative estimate of drug-likeness (QED) is 0.817. The van der Waals surface area contributed by atoms with E-state index in [4.69, 9.17) is 5.73 Å². The zero-order chi connectivity index (χ0) is 13.3. The van der Waals surface area contributed by atoms with Gasteiger partial charge in [-0.2, -0.15) is 5.10 Å². The third-order valence-corrected chi connectivity index (χ3v) is 2.89. The number of nitrogens with one attached hydrogen (secondary N) is 1. The van der Waals surface area contributed by atoms with E-state index in [1.165, 1.54) is 17.1 Å². The Kier molecular flexibility index (Phi) is 3.05. The SMILES string of the molecule is Cc1[nH]c(=O)n(CCC(=O)n2cc(N)cn2)c1C. The van der Waals surface area contributed by atoms with Gasteiger partial charge in [-0.3, -0.25) is 9.36 Å². The number of hydrogen-bond acceptors (Lipinski definition) is 4. The van der Waals surface area contributed by atoms with E-state index >= 15 is 0 Å². The summed E-state index contributed by atoms with van der Waals surface area (Å²) in [5, 5.41) is 3.82. The fraction of sp³-hybridized carbons (Fsp3) is 0.364. The molecule has 7 heteroatoms. The summed E-state index contributed by atoms with van der Waals surface area (Å²) in [5.41, 5.74) is 7.38. The number of aromatic amines is 1. The van der Waals surface area contributed by atoms with Crippen LogP contribution in [0.3, 0.4) is 0 Å². The number of nitrogens with zero attached hydrogens (tertiary/aromatic N) is 3. The molecule has 18 heavy (non-hydrogen) atoms. The Morgan fingerprint density at radius 1 is 1.50 bits per heavy atom. The molecule has 0 aliphatic rings. The van der Waals surface area contributed by atoms with Gasteiger partial charge in [-0.1, -0.05) is 0 Å². The first-order valence-electron chi connectivity index (χ1n) is 5.58. The van der Waals surface area contributed by atoms with Crippen LogP contribution in [0, 0.1) is 13.8 Å². The predicted octanol–water partition coefficient (Wildman–Crippen LogP) is 0.302. The topological polar surface area (TPSA) is 98.7 Å². The molecule has 0 aromatic carbocycles. The monoisotopic (exact) mass is 249 g/mol. The summed E-state index contributed by atoms with van der Waals surface area (Å²) in [5.74, 6) is -0.197. The van der Waals surface area contributed by atoms with E-state index in [-0.39, 0.29) is 18.0 Å². The first-order chi connectivity index (χ1) is 8.49. The van der Waals surface area contributed by atoms with E-state index in [0.29, 0.717) is 12.2 Å². The second-order valence-electron chi connectivity index (χ2n) is 4.15. The van der Waals surface area contributed by atoms with Gasteiger partial charge in [0.05, 0.1) is 18.1 Å². The summed E-state index contributed by atoms with van der Waals surface area (Å²) in [4.78, 5) is 26.0. The fourth-order valence-corrected chi connectivity index (χ4v) is 1.74. The molecule has 0 saturated heterocycles. The largest absolute Gasteiger partial charge is 0.396 e. The van der Waals surface area contributed by atoms with Crippen LogP contribution < -0.4 is 11.4 Å². The van der Waals surface area contributed by atoms with Crippen LogP contribution in [0.4, 0.5) is 5.69 Å². The van der Waals surface area contributed by atoms with Gasteiger partial charge < -0.3 is 10.7 Å². The minimum Gasteiger partial charge on any atom is -0.396 e. The zero-order valence-corrected chi connectivity index (χ0v) is 10.3. The van der Waals surface area contributed by atoms with E-state index in [2.05, 4.69) is 10.1 Å². The van der Waals surface area contributed by atoms with Crippen molar-refractivity contribution in [1.82, 2.24) is 19.3 Å². The summed E-state index contributed by atoms with van der Waals surface area (Å²) in [6.45, 7) is 3.99. The molecule has 0 fully saturated rings. The molecule has 96 valence electrons. The maximum Gasteiger partial charge on any atom is 0.325 e. The number of aryl methyl sites for hydroxylation is 1. The average molecular weight is 249 g/mol. The molecular formula is C11H15N5O2. The Balaban J connectivity index is 2.08. The molecule has 2 rings (SSSR count). The van der Waals surface area contributed by atoms with Crippen molar-refractivity contribution in [3.63, 3.8) is 0 Å². The lowest BCUT2D eigenvalue weighted by Crippen LogP contribution is -2.21. The highest BCUT2D eigenvalue weighted by molar-refractivity contribution is 5.78. The molecule has 0 spiro atoms. The number of anilines is 1. The van der Waals surface area contributed by atoms with E-state index in [1.54, 1.807) is 4.57 Å². The number of carbonyl (C=O) groups is 1. The Hall–Kier alpha value is -2.31. The van der Waals surface area contributed by atoms with Gasteiger partial charge in [0.15, 0.2) is 0 Å². The normalized spacial score (nSPS) is 10.8. The number of carbonyl (C=O) groups excluding carboxylic acids is 1. The lowest BCUT2D eigenvalue weighted by molar-refractivity contribution is 0.0880. The van der Waals surface area contributed by atoms with Crippen molar-refractivity contribution in [1.29, 1.82) is 0 Å². The maximum absolute atomic E-state index is 11.8. The van der Waals surface area contributed by atoms with Gasteiger partial charge in [-0.15, -0.1) is 0 Å². The van der Waals surface area contributed by atoms with Crippen molar-refractivity contribution in [2.75, 3.05) is 5.73 Å². The number of rotatable bonds is 3. The van der Waals surface area contributed by atoms with Crippen LogP contribution in [0.5, 0.6) is 0 Å². The number of imidazole rings is 1. The van der Waals surface area contributed by atoms with Crippen molar-refractivity contribution in [3.05, 3.63) is 34.3 Å². The first kappa shape index (κ1) is 12.2. The Bertz CT molecular complexity index is 634. The van der Waals surface area contributed by atoms with Crippen LogP contribution in [-0.4, -0.2) is 25.2 Å². The number of nitrogens with two attached hydrogens (primary N) is 1. The number of nitrogen functional groups attached to an aromatic ring is 1. The summed E-state index contributed by atoms with van der Waals surface area (Å²) >= 11 is 0. The minimum absolute atomic E-state index is 0.194. The Morgan fingerprint density at radius 3 is 2.72 bits per heavy atom. The molecule has 0 radical (unpaired) electrons. The highest BCUT2D eigenvalue weighted by atomic mass is 16.2. The second-order valence-corrected chi connectivity index (χ2v) is 4.15. The smallest absolute Gasteiger partial charge is 0.325 e. The van der Waals surface area contributed by atoms with Gasteiger partial charge in [-0.05, 0) is 13.8 Å². The summed E-state index contributed by atoms with van der Waals surface area (Å²) in [6.07, 6.45) is 3.06. The van der Waals surface area contributed by atoms with Gasteiger partial charge >= 0.3 is 5.69 Å². The van der Waals surface area contributed by atoms with Crippen molar-refractivity contribution in [2.24, 2.45) is 0 Å². The fourth-order valence-electron chi connectivity index (χ4n) is 1.74. The lowest BCUT2D eigenvalue weighted by atomic mass is 10.3. The van der Waals surface area contributed by atoms with E-state index in [1.807, 2.05) is 13.8 Å². The molecule has 3 N–H and O–H groups in total. The molecule has 0 amide bonds. The van der Waals surface area contributed by atoms with Crippen molar-refractivity contribution in [2.45, 2.75) is 26.8 Å². The molecule has 7 nitrogen and oxygen atoms in total. The van der Waals surface area contributed by atoms with Gasteiger partial charge in [0.25, 0.3) is 0 Å².